The molecule has 0 aromatic carbocycles. The largest absolute Gasteiger partial charge is 0.252 e. The van der Waals surface area contributed by atoms with E-state index >= 15 is 0 Å². The van der Waals surface area contributed by atoms with Crippen molar-refractivity contribution in [2.45, 2.75) is 78.0 Å². The van der Waals surface area contributed by atoms with Crippen molar-refractivity contribution in [2.24, 2.45) is 23.7 Å². The third-order valence-corrected chi connectivity index (χ3v) is 24.3. The van der Waals surface area contributed by atoms with Crippen LogP contribution in [0, 0.1) is 23.7 Å². The van der Waals surface area contributed by atoms with Crippen molar-refractivity contribution in [3.05, 3.63) is 58.5 Å². The number of pyridine rings is 2. The fraction of sp³-hybridized carbons (Fsp3) is 0.348. The zero-order valence-electron chi connectivity index (χ0n) is 35.1. The van der Waals surface area contributed by atoms with Gasteiger partial charge in [-0.05, 0) is 84.4 Å². The molecule has 0 radical (unpaired) electrons. The molecule has 61 heavy (non-hydrogen) atoms. The number of hydrogen-bond donors (Lipinski definition) is 0. The molecular weight excluding hydrogens is 925 g/mol. The predicted molar refractivity (Wildman–Crippen MR) is 274 cm³/mol. The van der Waals surface area contributed by atoms with E-state index < -0.39 is 10.0 Å². The van der Waals surface area contributed by atoms with E-state index in [4.69, 9.17) is 27.5 Å². The van der Waals surface area contributed by atoms with Crippen LogP contribution in [0.15, 0.2) is 58.6 Å². The Kier molecular flexibility index (Phi) is 10.4. The molecule has 11 heterocycles. The molecule has 0 aliphatic carbocycles. The molecule has 0 saturated heterocycles. The van der Waals surface area contributed by atoms with Crippen LogP contribution in [-0.2, 0) is 12.8 Å². The Hall–Kier alpha value is -2.99. The molecule has 312 valence electrons. The summed E-state index contributed by atoms with van der Waals surface area (Å²) in [7, 11) is -1.36. The van der Waals surface area contributed by atoms with Gasteiger partial charge in [-0.15, -0.1) is 68.0 Å². The van der Waals surface area contributed by atoms with Crippen molar-refractivity contribution < 1.29 is 0 Å². The molecule has 0 unspecified atom stereocenters. The average Bonchev–Trinajstić information content (AvgIpc) is 4.02. The van der Waals surface area contributed by atoms with Gasteiger partial charge in [-0.3, -0.25) is 9.97 Å². The zero-order valence-corrected chi connectivity index (χ0v) is 42.5. The maximum atomic E-state index is 5.17. The number of nitrogens with zero attached hydrogens (tertiary/aromatic N) is 6. The van der Waals surface area contributed by atoms with Gasteiger partial charge in [-0.25, -0.2) is 0 Å². The van der Waals surface area contributed by atoms with Gasteiger partial charge in [-0.1, -0.05) is 55.4 Å². The Bertz CT molecular complexity index is 2990. The summed E-state index contributed by atoms with van der Waals surface area (Å²) in [6.07, 6.45) is 6.39. The van der Waals surface area contributed by atoms with Gasteiger partial charge in [-0.2, -0.15) is 27.5 Å². The summed E-state index contributed by atoms with van der Waals surface area (Å²) in [6.45, 7) is 18.7. The van der Waals surface area contributed by atoms with Gasteiger partial charge >= 0.3 is 0 Å². The monoisotopic (exact) mass is 968 g/mol. The second kappa shape index (κ2) is 15.6. The van der Waals surface area contributed by atoms with Crippen molar-refractivity contribution >= 4 is 142 Å². The average molecular weight is 970 g/mol. The second-order valence-electron chi connectivity index (χ2n) is 17.9. The highest BCUT2D eigenvalue weighted by Crippen LogP contribution is 2.76. The maximum absolute atomic E-state index is 5.17. The van der Waals surface area contributed by atoms with E-state index in [9.17, 15) is 0 Å². The normalized spacial score (nSPS) is 14.4. The van der Waals surface area contributed by atoms with Crippen LogP contribution in [0.2, 0.25) is 0 Å². The quantitative estimate of drug-likeness (QED) is 0.121. The molecule has 1 aliphatic heterocycles. The molecule has 11 rings (SSSR count). The van der Waals surface area contributed by atoms with E-state index in [-0.39, 0.29) is 0 Å². The first-order chi connectivity index (χ1) is 29.4. The van der Waals surface area contributed by atoms with Gasteiger partial charge < -0.3 is 0 Å². The van der Waals surface area contributed by atoms with E-state index in [1.807, 2.05) is 68.0 Å². The first-order valence-electron chi connectivity index (χ1n) is 20.8. The summed E-state index contributed by atoms with van der Waals surface area (Å²) in [5.74, 6) is 4.72. The van der Waals surface area contributed by atoms with Gasteiger partial charge in [0, 0.05) is 71.6 Å². The van der Waals surface area contributed by atoms with Crippen LogP contribution >= 0.6 is 102 Å². The summed E-state index contributed by atoms with van der Waals surface area (Å²) in [6, 6.07) is 14.4. The van der Waals surface area contributed by atoms with Crippen molar-refractivity contribution in [2.75, 3.05) is 11.5 Å². The molecule has 10 aromatic rings. The number of aromatic nitrogens is 6. The Morgan fingerprint density at radius 2 is 0.852 bits per heavy atom. The molecule has 0 bridgehead atoms. The molecule has 0 fully saturated rings. The maximum Gasteiger partial charge on any atom is 0.132 e. The number of fused-ring (bicyclic) bond motifs is 7. The Morgan fingerprint density at radius 3 is 1.25 bits per heavy atom. The molecule has 0 N–H and O–H groups in total. The van der Waals surface area contributed by atoms with Crippen molar-refractivity contribution in [3.63, 3.8) is 0 Å². The molecule has 6 nitrogen and oxygen atoms in total. The number of hydrogen-bond acceptors (Lipinski definition) is 14. The standard InChI is InChI=1S/C46H44N6S9/c1-21(2)9-25-11-31-33(53-25)13-35(55-31)41-43-39(49-59-51-43)27(17-47-41)29-15-37-45(57-29)46-38(61(37,19-23(5)6)20-24(7)8)16-30(58-46)28-18-48-42(44-40(28)50-60-52-44)36-14-34-32(56-36)12-26(54-34)10-22(3)4/h11-18,21-24H,9-10,19-20H2,1-8H3. The molecule has 1 aliphatic rings. The van der Waals surface area contributed by atoms with Gasteiger partial charge in [0.25, 0.3) is 0 Å². The van der Waals surface area contributed by atoms with E-state index in [0.29, 0.717) is 23.7 Å². The van der Waals surface area contributed by atoms with E-state index in [0.717, 1.165) is 68.9 Å². The highest BCUT2D eigenvalue weighted by molar-refractivity contribution is 8.34. The minimum Gasteiger partial charge on any atom is -0.252 e. The van der Waals surface area contributed by atoms with Crippen molar-refractivity contribution in [1.82, 2.24) is 27.5 Å². The lowest BCUT2D eigenvalue weighted by Crippen LogP contribution is -2.16. The van der Waals surface area contributed by atoms with E-state index in [1.54, 1.807) is 9.79 Å². The smallest absolute Gasteiger partial charge is 0.132 e. The minimum atomic E-state index is -1.36. The third-order valence-electron chi connectivity index (χ3n) is 11.0. The van der Waals surface area contributed by atoms with Crippen LogP contribution in [0.1, 0.15) is 65.1 Å². The van der Waals surface area contributed by atoms with Crippen molar-refractivity contribution in [3.8, 4) is 51.8 Å². The van der Waals surface area contributed by atoms with E-state index in [1.165, 1.54) is 81.3 Å². The zero-order chi connectivity index (χ0) is 41.9. The van der Waals surface area contributed by atoms with Crippen LogP contribution in [0.3, 0.4) is 0 Å². The summed E-state index contributed by atoms with van der Waals surface area (Å²) >= 11 is 13.9. The van der Waals surface area contributed by atoms with Crippen LogP contribution in [0.25, 0.3) is 92.6 Å². The molecule has 10 aromatic heterocycles. The molecule has 0 spiro atoms. The Labute approximate surface area is 389 Å². The topological polar surface area (TPSA) is 77.3 Å². The lowest BCUT2D eigenvalue weighted by atomic mass is 10.1. The van der Waals surface area contributed by atoms with E-state index in [2.05, 4.69) is 104 Å². The summed E-state index contributed by atoms with van der Waals surface area (Å²) in [5, 5.41) is 0. The summed E-state index contributed by atoms with van der Waals surface area (Å²) < 4.78 is 25.0. The Morgan fingerprint density at radius 1 is 0.443 bits per heavy atom. The number of rotatable bonds is 12. The second-order valence-corrected chi connectivity index (χ2v) is 28.9. The number of thiophene rings is 6. The molecular formula is C46H44N6S9. The highest BCUT2D eigenvalue weighted by Gasteiger charge is 2.43. The van der Waals surface area contributed by atoms with Crippen molar-refractivity contribution in [1.29, 1.82) is 0 Å². The van der Waals surface area contributed by atoms with Crippen LogP contribution in [0.5, 0.6) is 0 Å². The van der Waals surface area contributed by atoms with Gasteiger partial charge in [0.1, 0.15) is 33.5 Å². The summed E-state index contributed by atoms with van der Waals surface area (Å²) in [4.78, 5) is 24.0. The first kappa shape index (κ1) is 40.8. The predicted octanol–water partition coefficient (Wildman–Crippen LogP) is 16.7. The highest BCUT2D eigenvalue weighted by atomic mass is 32.3. The molecule has 15 heteroatoms. The minimum absolute atomic E-state index is 0.550. The third kappa shape index (κ3) is 7.00. The molecule has 0 amide bonds. The Balaban J connectivity index is 0.995. The van der Waals surface area contributed by atoms with Crippen LogP contribution < -0.4 is 0 Å². The van der Waals surface area contributed by atoms with Gasteiger partial charge in [0.15, 0.2) is 0 Å². The van der Waals surface area contributed by atoms with Gasteiger partial charge in [0.2, 0.25) is 0 Å². The lowest BCUT2D eigenvalue weighted by Gasteiger charge is -2.40. The SMILES string of the molecule is CC(C)Cc1cc2sc(-c3ncc(-c4cc5c(s4)-c4sc(-c6cnc(-c7cc8sc(CC(C)C)cc8s7)c7nsnc67)cc4S5(CC(C)C)CC(C)C)c4nsnc34)cc2s1. The lowest BCUT2D eigenvalue weighted by molar-refractivity contribution is 0.654. The molecule has 0 saturated carbocycles. The summed E-state index contributed by atoms with van der Waals surface area (Å²) in [5.41, 5.74) is 7.79. The fourth-order valence-corrected chi connectivity index (χ4v) is 24.0. The van der Waals surface area contributed by atoms with Crippen LogP contribution in [0.4, 0.5) is 0 Å². The van der Waals surface area contributed by atoms with Gasteiger partial charge in [0.05, 0.1) is 43.0 Å². The molecule has 0 atom stereocenters. The van der Waals surface area contributed by atoms with Crippen LogP contribution in [-0.4, -0.2) is 39.0 Å². The fourth-order valence-electron chi connectivity index (χ4n) is 8.87. The first-order valence-corrected chi connectivity index (χ1v) is 29.1.